The summed E-state index contributed by atoms with van der Waals surface area (Å²) in [5.41, 5.74) is 2.08. The molecule has 120 valence electrons. The normalized spacial score (nSPS) is 23.4. The fraction of sp³-hybridized carbons (Fsp3) is 0.562. The summed E-state index contributed by atoms with van der Waals surface area (Å²) in [7, 11) is 0. The molecule has 0 aliphatic carbocycles. The number of aliphatic hydroxyl groups is 1. The number of benzene rings is 1. The van der Waals surface area contributed by atoms with Crippen molar-refractivity contribution >= 4 is 17.3 Å². The molecule has 0 amide bonds. The van der Waals surface area contributed by atoms with Gasteiger partial charge in [-0.15, -0.1) is 0 Å². The van der Waals surface area contributed by atoms with Crippen LogP contribution in [0.3, 0.4) is 0 Å². The van der Waals surface area contributed by atoms with Gasteiger partial charge in [0.15, 0.2) is 0 Å². The van der Waals surface area contributed by atoms with E-state index in [2.05, 4.69) is 15.0 Å². The summed E-state index contributed by atoms with van der Waals surface area (Å²) < 4.78 is 0. The van der Waals surface area contributed by atoms with E-state index in [-0.39, 0.29) is 12.7 Å². The van der Waals surface area contributed by atoms with Crippen LogP contribution in [0.25, 0.3) is 0 Å². The van der Waals surface area contributed by atoms with Gasteiger partial charge < -0.3 is 9.94 Å². The Morgan fingerprint density at radius 1 is 1.14 bits per heavy atom. The number of piperazine rings is 1. The molecule has 1 saturated heterocycles. The largest absolute Gasteiger partial charge is 0.395 e. The average Bonchev–Trinajstić information content (AvgIpc) is 2.99. The van der Waals surface area contributed by atoms with Gasteiger partial charge in [0.2, 0.25) is 0 Å². The quantitative estimate of drug-likeness (QED) is 0.891. The number of hydrogen-bond donors (Lipinski definition) is 1. The highest BCUT2D eigenvalue weighted by Gasteiger charge is 2.26. The molecular formula is C16H22ClN3O2. The molecule has 6 heteroatoms. The van der Waals surface area contributed by atoms with Crippen molar-refractivity contribution in [2.75, 3.05) is 45.9 Å². The highest BCUT2D eigenvalue weighted by Crippen LogP contribution is 2.19. The molecule has 1 atom stereocenters. The minimum atomic E-state index is 0.134. The lowest BCUT2D eigenvalue weighted by atomic mass is 10.0. The first-order valence-electron chi connectivity index (χ1n) is 7.79. The van der Waals surface area contributed by atoms with Crippen molar-refractivity contribution in [1.29, 1.82) is 0 Å². The number of β-amino-alcohol motifs (C(OH)–C–C–N with tert-alkyl or cyclic N) is 1. The summed E-state index contributed by atoms with van der Waals surface area (Å²) >= 11 is 5.91. The van der Waals surface area contributed by atoms with E-state index in [4.69, 9.17) is 21.5 Å². The van der Waals surface area contributed by atoms with E-state index in [1.807, 2.05) is 24.3 Å². The Morgan fingerprint density at radius 2 is 1.82 bits per heavy atom. The minimum Gasteiger partial charge on any atom is -0.395 e. The highest BCUT2D eigenvalue weighted by molar-refractivity contribution is 6.30. The van der Waals surface area contributed by atoms with Crippen LogP contribution in [0, 0.1) is 0 Å². The Balaban J connectivity index is 1.46. The van der Waals surface area contributed by atoms with Crippen molar-refractivity contribution in [1.82, 2.24) is 9.80 Å². The van der Waals surface area contributed by atoms with Crippen LogP contribution in [0.5, 0.6) is 0 Å². The van der Waals surface area contributed by atoms with Gasteiger partial charge in [-0.2, -0.15) is 0 Å². The topological polar surface area (TPSA) is 48.3 Å². The third-order valence-electron chi connectivity index (χ3n) is 4.25. The molecule has 2 aliphatic rings. The first kappa shape index (κ1) is 15.7. The maximum atomic E-state index is 8.97. The summed E-state index contributed by atoms with van der Waals surface area (Å²) in [5.74, 6) is 0. The fourth-order valence-electron chi connectivity index (χ4n) is 2.96. The summed E-state index contributed by atoms with van der Waals surface area (Å²) in [6, 6.07) is 7.74. The monoisotopic (exact) mass is 323 g/mol. The van der Waals surface area contributed by atoms with E-state index < -0.39 is 0 Å². The van der Waals surface area contributed by atoms with Gasteiger partial charge in [0.25, 0.3) is 0 Å². The van der Waals surface area contributed by atoms with Gasteiger partial charge in [-0.25, -0.2) is 0 Å². The summed E-state index contributed by atoms with van der Waals surface area (Å²) in [4.78, 5) is 10.3. The highest BCUT2D eigenvalue weighted by atomic mass is 35.5. The van der Waals surface area contributed by atoms with Crippen LogP contribution >= 0.6 is 11.6 Å². The molecule has 0 radical (unpaired) electrons. The van der Waals surface area contributed by atoms with Crippen molar-refractivity contribution in [2.45, 2.75) is 12.5 Å². The molecule has 1 aromatic rings. The molecular weight excluding hydrogens is 302 g/mol. The Morgan fingerprint density at radius 3 is 2.50 bits per heavy atom. The van der Waals surface area contributed by atoms with Gasteiger partial charge in [-0.3, -0.25) is 9.80 Å². The molecule has 1 unspecified atom stereocenters. The van der Waals surface area contributed by atoms with Gasteiger partial charge in [0, 0.05) is 50.7 Å². The molecule has 22 heavy (non-hydrogen) atoms. The fourth-order valence-corrected chi connectivity index (χ4v) is 3.09. The Labute approximate surface area is 136 Å². The first-order chi connectivity index (χ1) is 10.7. The van der Waals surface area contributed by atoms with Crippen molar-refractivity contribution in [3.63, 3.8) is 0 Å². The van der Waals surface area contributed by atoms with Crippen molar-refractivity contribution in [3.05, 3.63) is 34.9 Å². The van der Waals surface area contributed by atoms with E-state index in [1.165, 1.54) is 0 Å². The predicted octanol–water partition coefficient (Wildman–Crippen LogP) is 1.44. The van der Waals surface area contributed by atoms with Crippen LogP contribution < -0.4 is 0 Å². The zero-order valence-electron chi connectivity index (χ0n) is 12.6. The molecule has 1 fully saturated rings. The smallest absolute Gasteiger partial charge is 0.145 e. The predicted molar refractivity (Wildman–Crippen MR) is 87.4 cm³/mol. The van der Waals surface area contributed by atoms with Crippen LogP contribution in [0.4, 0.5) is 0 Å². The number of aliphatic hydroxyl groups excluding tert-OH is 1. The molecule has 0 aromatic heterocycles. The van der Waals surface area contributed by atoms with Crippen molar-refractivity contribution < 1.29 is 9.94 Å². The summed E-state index contributed by atoms with van der Waals surface area (Å²) in [6.07, 6.45) is 0.980. The van der Waals surface area contributed by atoms with Crippen LogP contribution in [0.15, 0.2) is 29.4 Å². The van der Waals surface area contributed by atoms with Crippen LogP contribution in [-0.4, -0.2) is 72.6 Å². The van der Waals surface area contributed by atoms with Crippen molar-refractivity contribution in [3.8, 4) is 0 Å². The zero-order valence-corrected chi connectivity index (χ0v) is 13.4. The molecule has 1 aromatic carbocycles. The number of hydrogen-bond acceptors (Lipinski definition) is 5. The second kappa shape index (κ2) is 7.42. The SMILES string of the molecule is OCCN1CCN(CC2CC(c3ccc(Cl)cc3)=NO2)CC1. The van der Waals surface area contributed by atoms with Gasteiger partial charge >= 0.3 is 0 Å². The lowest BCUT2D eigenvalue weighted by Crippen LogP contribution is -2.49. The van der Waals surface area contributed by atoms with E-state index in [0.29, 0.717) is 0 Å². The Hall–Kier alpha value is -1.14. The minimum absolute atomic E-state index is 0.134. The summed E-state index contributed by atoms with van der Waals surface area (Å²) in [6.45, 7) is 6.00. The van der Waals surface area contributed by atoms with E-state index >= 15 is 0 Å². The molecule has 1 N–H and O–H groups in total. The van der Waals surface area contributed by atoms with Gasteiger partial charge in [-0.05, 0) is 17.7 Å². The van der Waals surface area contributed by atoms with Gasteiger partial charge in [-0.1, -0.05) is 28.9 Å². The Bertz CT molecular complexity index is 513. The van der Waals surface area contributed by atoms with E-state index in [9.17, 15) is 0 Å². The molecule has 3 rings (SSSR count). The zero-order chi connectivity index (χ0) is 15.4. The van der Waals surface area contributed by atoms with E-state index in [1.54, 1.807) is 0 Å². The number of halogens is 1. The first-order valence-corrected chi connectivity index (χ1v) is 8.16. The maximum Gasteiger partial charge on any atom is 0.145 e. The molecule has 2 heterocycles. The van der Waals surface area contributed by atoms with Crippen molar-refractivity contribution in [2.24, 2.45) is 5.16 Å². The maximum absolute atomic E-state index is 8.97. The van der Waals surface area contributed by atoms with E-state index in [0.717, 1.165) is 62.0 Å². The van der Waals surface area contributed by atoms with Gasteiger partial charge in [0.1, 0.15) is 6.10 Å². The standard InChI is InChI=1S/C16H22ClN3O2/c17-14-3-1-13(2-4-14)16-11-15(22-18-16)12-20-7-5-19(6-8-20)9-10-21/h1-4,15,21H,5-12H2. The number of rotatable bonds is 5. The molecule has 2 aliphatic heterocycles. The molecule has 0 saturated carbocycles. The van der Waals surface area contributed by atoms with Crippen LogP contribution in [0.2, 0.25) is 5.02 Å². The van der Waals surface area contributed by atoms with Crippen LogP contribution in [0.1, 0.15) is 12.0 Å². The molecule has 0 spiro atoms. The summed E-state index contributed by atoms with van der Waals surface area (Å²) in [5, 5.41) is 13.9. The molecule has 0 bridgehead atoms. The second-order valence-corrected chi connectivity index (χ2v) is 6.28. The average molecular weight is 324 g/mol. The second-order valence-electron chi connectivity index (χ2n) is 5.84. The van der Waals surface area contributed by atoms with Gasteiger partial charge in [0.05, 0.1) is 12.3 Å². The number of oxime groups is 1. The Kier molecular flexibility index (Phi) is 5.31. The molecule has 5 nitrogen and oxygen atoms in total. The van der Waals surface area contributed by atoms with Crippen LogP contribution in [-0.2, 0) is 4.84 Å². The third-order valence-corrected chi connectivity index (χ3v) is 4.51. The third kappa shape index (κ3) is 3.98. The number of nitrogens with zero attached hydrogens (tertiary/aromatic N) is 3. The lowest BCUT2D eigenvalue weighted by Gasteiger charge is -2.35. The lowest BCUT2D eigenvalue weighted by molar-refractivity contribution is 0.0326.